The van der Waals surface area contributed by atoms with Gasteiger partial charge in [-0.15, -0.1) is 0 Å². The van der Waals surface area contributed by atoms with Crippen LogP contribution in [0.4, 0.5) is 5.95 Å². The second-order valence-corrected chi connectivity index (χ2v) is 7.84. The quantitative estimate of drug-likeness (QED) is 0.852. The van der Waals surface area contributed by atoms with Crippen LogP contribution in [0, 0.1) is 0 Å². The normalized spacial score (nSPS) is 17.1. The Morgan fingerprint density at radius 2 is 1.88 bits per heavy atom. The molecule has 0 saturated heterocycles. The fourth-order valence-corrected chi connectivity index (χ4v) is 3.03. The Morgan fingerprint density at radius 3 is 2.46 bits per heavy atom. The van der Waals surface area contributed by atoms with E-state index < -0.39 is 6.04 Å². The molecule has 26 heavy (non-hydrogen) atoms. The number of aromatic nitrogens is 4. The molecule has 0 fully saturated rings. The number of rotatable bonds is 3. The van der Waals surface area contributed by atoms with Crippen molar-refractivity contribution in [3.63, 3.8) is 0 Å². The molecular weight excluding hydrogens is 330 g/mol. The van der Waals surface area contributed by atoms with Crippen LogP contribution in [0.15, 0.2) is 35.5 Å². The number of carbonyl (C=O) groups excluding carboxylic acids is 1. The van der Waals surface area contributed by atoms with E-state index in [1.807, 2.05) is 32.9 Å². The van der Waals surface area contributed by atoms with Crippen molar-refractivity contribution in [3.05, 3.63) is 46.7 Å². The van der Waals surface area contributed by atoms with Crippen molar-refractivity contribution in [2.75, 3.05) is 5.32 Å². The molecule has 0 radical (unpaired) electrons. The summed E-state index contributed by atoms with van der Waals surface area (Å²) in [4.78, 5) is 12.8. The maximum Gasteiger partial charge on any atom is 0.338 e. The maximum atomic E-state index is 12.8. The van der Waals surface area contributed by atoms with Gasteiger partial charge in [-0.25, -0.2) is 4.79 Å². The highest BCUT2D eigenvalue weighted by molar-refractivity contribution is 5.92. The molecule has 1 aromatic carbocycles. The molecule has 2 aromatic rings. The average molecular weight is 355 g/mol. The number of esters is 1. The summed E-state index contributed by atoms with van der Waals surface area (Å²) in [5.41, 5.74) is 3.42. The molecule has 1 atom stereocenters. The average Bonchev–Trinajstić information content (AvgIpc) is 2.99. The van der Waals surface area contributed by atoms with E-state index in [1.54, 1.807) is 4.68 Å². The van der Waals surface area contributed by atoms with Gasteiger partial charge in [-0.3, -0.25) is 0 Å². The topological polar surface area (TPSA) is 81.9 Å². The largest absolute Gasteiger partial charge is 0.459 e. The summed E-state index contributed by atoms with van der Waals surface area (Å²) in [6.07, 6.45) is -0.206. The van der Waals surface area contributed by atoms with Crippen LogP contribution in [0.25, 0.3) is 0 Å². The number of anilines is 1. The fraction of sp³-hybridized carbons (Fsp3) is 0.474. The first-order valence-electron chi connectivity index (χ1n) is 8.75. The van der Waals surface area contributed by atoms with Gasteiger partial charge in [0.2, 0.25) is 5.95 Å². The van der Waals surface area contributed by atoms with Gasteiger partial charge in [0.25, 0.3) is 0 Å². The van der Waals surface area contributed by atoms with Gasteiger partial charge in [0.05, 0.1) is 11.7 Å². The molecule has 7 heteroatoms. The number of carbonyl (C=O) groups is 1. The van der Waals surface area contributed by atoms with Crippen LogP contribution in [0.2, 0.25) is 0 Å². The van der Waals surface area contributed by atoms with E-state index in [1.165, 1.54) is 5.56 Å². The van der Waals surface area contributed by atoms with E-state index in [0.717, 1.165) is 5.56 Å². The lowest BCUT2D eigenvalue weighted by atomic mass is 9.85. The molecular formula is C19H25N5O2. The van der Waals surface area contributed by atoms with E-state index in [2.05, 4.69) is 53.7 Å². The molecule has 7 nitrogen and oxygen atoms in total. The molecule has 1 aliphatic rings. The second kappa shape index (κ2) is 6.55. The molecule has 0 bridgehead atoms. The predicted molar refractivity (Wildman–Crippen MR) is 98.6 cm³/mol. The van der Waals surface area contributed by atoms with E-state index >= 15 is 0 Å². The Labute approximate surface area is 153 Å². The number of nitrogens with one attached hydrogen (secondary N) is 1. The Balaban J connectivity index is 2.07. The number of allylic oxidation sites excluding steroid dienone is 1. The van der Waals surface area contributed by atoms with Crippen molar-refractivity contribution in [2.45, 2.75) is 59.1 Å². The number of benzene rings is 1. The van der Waals surface area contributed by atoms with Gasteiger partial charge in [0.1, 0.15) is 6.04 Å². The fourth-order valence-electron chi connectivity index (χ4n) is 3.03. The van der Waals surface area contributed by atoms with Crippen LogP contribution < -0.4 is 5.32 Å². The maximum absolute atomic E-state index is 12.8. The first kappa shape index (κ1) is 18.1. The van der Waals surface area contributed by atoms with E-state index in [4.69, 9.17) is 4.74 Å². The summed E-state index contributed by atoms with van der Waals surface area (Å²) in [5, 5.41) is 14.9. The summed E-state index contributed by atoms with van der Waals surface area (Å²) in [6.45, 7) is 12.0. The van der Waals surface area contributed by atoms with E-state index in [0.29, 0.717) is 17.2 Å². The summed E-state index contributed by atoms with van der Waals surface area (Å²) < 4.78 is 7.08. The third kappa shape index (κ3) is 3.34. The van der Waals surface area contributed by atoms with Crippen molar-refractivity contribution in [3.8, 4) is 0 Å². The highest BCUT2D eigenvalue weighted by Gasteiger charge is 2.35. The molecule has 0 saturated carbocycles. The summed E-state index contributed by atoms with van der Waals surface area (Å²) >= 11 is 0. The Morgan fingerprint density at radius 1 is 1.23 bits per heavy atom. The smallest absolute Gasteiger partial charge is 0.338 e. The van der Waals surface area contributed by atoms with Gasteiger partial charge in [-0.1, -0.05) is 50.1 Å². The minimum absolute atomic E-state index is 0.0534. The lowest BCUT2D eigenvalue weighted by Gasteiger charge is -2.28. The summed E-state index contributed by atoms with van der Waals surface area (Å²) in [5.74, 6) is 0.143. The van der Waals surface area contributed by atoms with Gasteiger partial charge in [0.15, 0.2) is 0 Å². The van der Waals surface area contributed by atoms with Gasteiger partial charge >= 0.3 is 5.97 Å². The molecule has 1 aromatic heterocycles. The molecule has 3 rings (SSSR count). The minimum atomic E-state index is -0.429. The molecule has 0 aliphatic carbocycles. The number of tetrazole rings is 1. The third-order valence-electron chi connectivity index (χ3n) is 4.37. The Hall–Kier alpha value is -2.70. The number of hydrogen-bond donors (Lipinski definition) is 1. The molecule has 138 valence electrons. The summed E-state index contributed by atoms with van der Waals surface area (Å²) in [6, 6.07) is 7.79. The molecule has 0 amide bonds. The third-order valence-corrected chi connectivity index (χ3v) is 4.37. The van der Waals surface area contributed by atoms with Crippen LogP contribution in [0.5, 0.6) is 0 Å². The predicted octanol–water partition coefficient (Wildman–Crippen LogP) is 3.21. The lowest BCUT2D eigenvalue weighted by Crippen LogP contribution is -2.30. The van der Waals surface area contributed by atoms with E-state index in [9.17, 15) is 4.79 Å². The molecule has 0 spiro atoms. The van der Waals surface area contributed by atoms with Crippen LogP contribution in [0.1, 0.15) is 58.7 Å². The number of hydrogen-bond acceptors (Lipinski definition) is 6. The standard InChI is InChI=1S/C19H25N5O2/c1-11(2)26-17(25)15-12(3)20-18-21-22-23-24(18)16(15)13-7-9-14(10-8-13)19(4,5)6/h7-11,16H,1-6H3,(H,20,21,23). The molecule has 1 N–H and O–H groups in total. The van der Waals surface area contributed by atoms with Crippen molar-refractivity contribution < 1.29 is 9.53 Å². The van der Waals surface area contributed by atoms with Gasteiger partial charge < -0.3 is 10.1 Å². The van der Waals surface area contributed by atoms with Crippen molar-refractivity contribution in [1.29, 1.82) is 0 Å². The zero-order valence-electron chi connectivity index (χ0n) is 16.1. The Bertz CT molecular complexity index is 844. The molecule has 2 heterocycles. The zero-order chi connectivity index (χ0) is 19.1. The van der Waals surface area contributed by atoms with Gasteiger partial charge in [-0.2, -0.15) is 4.68 Å². The first-order valence-corrected chi connectivity index (χ1v) is 8.75. The summed E-state index contributed by atoms with van der Waals surface area (Å²) in [7, 11) is 0. The van der Waals surface area contributed by atoms with Crippen molar-refractivity contribution in [2.24, 2.45) is 0 Å². The molecule has 1 unspecified atom stereocenters. The van der Waals surface area contributed by atoms with E-state index in [-0.39, 0.29) is 17.5 Å². The monoisotopic (exact) mass is 355 g/mol. The minimum Gasteiger partial charge on any atom is -0.459 e. The van der Waals surface area contributed by atoms with Crippen LogP contribution in [-0.4, -0.2) is 32.3 Å². The lowest BCUT2D eigenvalue weighted by molar-refractivity contribution is -0.143. The number of ether oxygens (including phenoxy) is 1. The second-order valence-electron chi connectivity index (χ2n) is 7.84. The molecule has 1 aliphatic heterocycles. The van der Waals surface area contributed by atoms with Gasteiger partial charge in [0, 0.05) is 5.70 Å². The highest BCUT2D eigenvalue weighted by atomic mass is 16.5. The number of fused-ring (bicyclic) bond motifs is 1. The zero-order valence-corrected chi connectivity index (χ0v) is 16.1. The first-order chi connectivity index (χ1) is 12.2. The van der Waals surface area contributed by atoms with Crippen LogP contribution in [0.3, 0.4) is 0 Å². The Kier molecular flexibility index (Phi) is 4.56. The SMILES string of the molecule is CC1=C(C(=O)OC(C)C)C(c2ccc(C(C)(C)C)cc2)n2nnnc2N1. The van der Waals surface area contributed by atoms with Crippen molar-refractivity contribution in [1.82, 2.24) is 20.2 Å². The highest BCUT2D eigenvalue weighted by Crippen LogP contribution is 2.35. The van der Waals surface area contributed by atoms with Crippen molar-refractivity contribution >= 4 is 11.9 Å². The van der Waals surface area contributed by atoms with Crippen LogP contribution >= 0.6 is 0 Å². The van der Waals surface area contributed by atoms with Gasteiger partial charge in [-0.05, 0) is 47.7 Å². The van der Waals surface area contributed by atoms with Crippen LogP contribution in [-0.2, 0) is 14.9 Å². The number of nitrogens with zero attached hydrogens (tertiary/aromatic N) is 4.